The van der Waals surface area contributed by atoms with Crippen LogP contribution in [0, 0.1) is 0 Å². The number of nitrogens with one attached hydrogen (secondary N) is 1. The summed E-state index contributed by atoms with van der Waals surface area (Å²) >= 11 is 0. The molecule has 22 heavy (non-hydrogen) atoms. The van der Waals surface area contributed by atoms with Crippen molar-refractivity contribution >= 4 is 11.8 Å². The number of amides is 2. The zero-order chi connectivity index (χ0) is 15.8. The molecule has 5 heteroatoms. The van der Waals surface area contributed by atoms with Crippen molar-refractivity contribution in [1.82, 2.24) is 15.1 Å². The molecule has 1 fully saturated rings. The smallest absolute Gasteiger partial charge is 0.253 e. The number of carbonyl (C=O) groups is 2. The van der Waals surface area contributed by atoms with Gasteiger partial charge in [-0.1, -0.05) is 25.1 Å². The van der Waals surface area contributed by atoms with Gasteiger partial charge in [-0.15, -0.1) is 0 Å². The number of benzene rings is 1. The summed E-state index contributed by atoms with van der Waals surface area (Å²) in [6, 6.07) is 9.27. The van der Waals surface area contributed by atoms with Crippen LogP contribution >= 0.6 is 0 Å². The average molecular weight is 303 g/mol. The van der Waals surface area contributed by atoms with Crippen molar-refractivity contribution in [3.8, 4) is 0 Å². The average Bonchev–Trinajstić information content (AvgIpc) is 2.59. The standard InChI is InChI=1S/C17H25N3O2/c1-2-11-20(17(22)15-6-4-3-5-7-15)12-8-16(21)19-13-9-18-10-14-19/h3-7,18H,2,8-14H2,1H3. The van der Waals surface area contributed by atoms with Gasteiger partial charge in [0.2, 0.25) is 5.91 Å². The van der Waals surface area contributed by atoms with E-state index in [1.54, 1.807) is 4.90 Å². The molecule has 1 N–H and O–H groups in total. The second kappa shape index (κ2) is 8.54. The van der Waals surface area contributed by atoms with Crippen molar-refractivity contribution in [2.45, 2.75) is 19.8 Å². The summed E-state index contributed by atoms with van der Waals surface area (Å²) in [6.07, 6.45) is 1.29. The molecule has 5 nitrogen and oxygen atoms in total. The Morgan fingerprint density at radius 3 is 2.45 bits per heavy atom. The molecule has 0 saturated carbocycles. The van der Waals surface area contributed by atoms with Gasteiger partial charge in [-0.05, 0) is 18.6 Å². The molecule has 2 rings (SSSR count). The van der Waals surface area contributed by atoms with Crippen molar-refractivity contribution in [3.05, 3.63) is 35.9 Å². The Hall–Kier alpha value is -1.88. The molecule has 0 radical (unpaired) electrons. The van der Waals surface area contributed by atoms with Crippen LogP contribution in [0.1, 0.15) is 30.1 Å². The number of nitrogens with zero attached hydrogens (tertiary/aromatic N) is 2. The molecule has 1 aromatic rings. The third-order valence-electron chi connectivity index (χ3n) is 3.87. The minimum absolute atomic E-state index is 0.00978. The quantitative estimate of drug-likeness (QED) is 0.863. The zero-order valence-corrected chi connectivity index (χ0v) is 13.3. The summed E-state index contributed by atoms with van der Waals surface area (Å²) in [4.78, 5) is 28.4. The van der Waals surface area contributed by atoms with E-state index < -0.39 is 0 Å². The van der Waals surface area contributed by atoms with Gasteiger partial charge in [0, 0.05) is 51.3 Å². The molecule has 1 aromatic carbocycles. The Balaban J connectivity index is 1.91. The highest BCUT2D eigenvalue weighted by Crippen LogP contribution is 2.07. The second-order valence-electron chi connectivity index (χ2n) is 5.54. The lowest BCUT2D eigenvalue weighted by molar-refractivity contribution is -0.131. The fourth-order valence-electron chi connectivity index (χ4n) is 2.65. The lowest BCUT2D eigenvalue weighted by atomic mass is 10.2. The Bertz CT molecular complexity index is 484. The van der Waals surface area contributed by atoms with Crippen LogP contribution in [0.5, 0.6) is 0 Å². The van der Waals surface area contributed by atoms with E-state index in [-0.39, 0.29) is 11.8 Å². The molecular formula is C17H25N3O2. The zero-order valence-electron chi connectivity index (χ0n) is 13.3. The second-order valence-corrected chi connectivity index (χ2v) is 5.54. The van der Waals surface area contributed by atoms with Crippen molar-refractivity contribution in [2.24, 2.45) is 0 Å². The van der Waals surface area contributed by atoms with E-state index in [9.17, 15) is 9.59 Å². The Morgan fingerprint density at radius 2 is 1.82 bits per heavy atom. The molecule has 0 aliphatic carbocycles. The molecule has 0 bridgehead atoms. The normalized spacial score (nSPS) is 14.7. The SMILES string of the molecule is CCCN(CCC(=O)N1CCNCC1)C(=O)c1ccccc1. The summed E-state index contributed by atoms with van der Waals surface area (Å²) in [7, 11) is 0. The highest BCUT2D eigenvalue weighted by molar-refractivity contribution is 5.94. The topological polar surface area (TPSA) is 52.7 Å². The van der Waals surface area contributed by atoms with Crippen LogP contribution in [0.3, 0.4) is 0 Å². The first kappa shape index (κ1) is 16.5. The maximum Gasteiger partial charge on any atom is 0.253 e. The molecule has 120 valence electrons. The van der Waals surface area contributed by atoms with Gasteiger partial charge in [-0.3, -0.25) is 9.59 Å². The summed E-state index contributed by atoms with van der Waals surface area (Å²) < 4.78 is 0. The molecule has 0 spiro atoms. The van der Waals surface area contributed by atoms with E-state index in [2.05, 4.69) is 5.32 Å². The van der Waals surface area contributed by atoms with Crippen LogP contribution < -0.4 is 5.32 Å². The minimum atomic E-state index is 0.00978. The summed E-state index contributed by atoms with van der Waals surface area (Å²) in [5, 5.41) is 3.24. The summed E-state index contributed by atoms with van der Waals surface area (Å²) in [5.74, 6) is 0.152. The molecule has 1 saturated heterocycles. The molecule has 2 amide bonds. The van der Waals surface area contributed by atoms with Gasteiger partial charge >= 0.3 is 0 Å². The van der Waals surface area contributed by atoms with E-state index in [0.717, 1.165) is 32.6 Å². The molecule has 0 atom stereocenters. The lowest BCUT2D eigenvalue weighted by Crippen LogP contribution is -2.47. The van der Waals surface area contributed by atoms with Crippen LogP contribution in [0.25, 0.3) is 0 Å². The molecule has 1 aliphatic rings. The highest BCUT2D eigenvalue weighted by atomic mass is 16.2. The summed E-state index contributed by atoms with van der Waals surface area (Å²) in [6.45, 7) is 6.45. The summed E-state index contributed by atoms with van der Waals surface area (Å²) in [5.41, 5.74) is 0.686. The van der Waals surface area contributed by atoms with Crippen molar-refractivity contribution in [2.75, 3.05) is 39.3 Å². The Labute approximate surface area is 132 Å². The van der Waals surface area contributed by atoms with Gasteiger partial charge in [-0.2, -0.15) is 0 Å². The molecule has 1 heterocycles. The van der Waals surface area contributed by atoms with Crippen LogP contribution in [-0.2, 0) is 4.79 Å². The van der Waals surface area contributed by atoms with Crippen LogP contribution in [-0.4, -0.2) is 60.9 Å². The maximum atomic E-state index is 12.5. The molecule has 1 aliphatic heterocycles. The molecule has 0 aromatic heterocycles. The fraction of sp³-hybridized carbons (Fsp3) is 0.529. The van der Waals surface area contributed by atoms with E-state index in [4.69, 9.17) is 0 Å². The molecule has 0 unspecified atom stereocenters. The minimum Gasteiger partial charge on any atom is -0.340 e. The van der Waals surface area contributed by atoms with Gasteiger partial charge in [-0.25, -0.2) is 0 Å². The Morgan fingerprint density at radius 1 is 1.14 bits per heavy atom. The number of carbonyl (C=O) groups excluding carboxylic acids is 2. The van der Waals surface area contributed by atoms with Gasteiger partial charge in [0.05, 0.1) is 0 Å². The number of rotatable bonds is 6. The lowest BCUT2D eigenvalue weighted by Gasteiger charge is -2.29. The van der Waals surface area contributed by atoms with Gasteiger partial charge < -0.3 is 15.1 Å². The highest BCUT2D eigenvalue weighted by Gasteiger charge is 2.19. The van der Waals surface area contributed by atoms with Crippen LogP contribution in [0.4, 0.5) is 0 Å². The number of hydrogen-bond donors (Lipinski definition) is 1. The largest absolute Gasteiger partial charge is 0.340 e. The van der Waals surface area contributed by atoms with Gasteiger partial charge in [0.1, 0.15) is 0 Å². The van der Waals surface area contributed by atoms with E-state index in [1.165, 1.54) is 0 Å². The van der Waals surface area contributed by atoms with Crippen LogP contribution in [0.2, 0.25) is 0 Å². The van der Waals surface area contributed by atoms with E-state index >= 15 is 0 Å². The van der Waals surface area contributed by atoms with Crippen molar-refractivity contribution in [3.63, 3.8) is 0 Å². The van der Waals surface area contributed by atoms with Gasteiger partial charge in [0.15, 0.2) is 0 Å². The van der Waals surface area contributed by atoms with Crippen molar-refractivity contribution in [1.29, 1.82) is 0 Å². The van der Waals surface area contributed by atoms with Gasteiger partial charge in [0.25, 0.3) is 5.91 Å². The maximum absolute atomic E-state index is 12.5. The fourth-order valence-corrected chi connectivity index (χ4v) is 2.65. The first-order valence-electron chi connectivity index (χ1n) is 8.05. The predicted octanol–water partition coefficient (Wildman–Crippen LogP) is 1.36. The first-order chi connectivity index (χ1) is 10.7. The van der Waals surface area contributed by atoms with Crippen molar-refractivity contribution < 1.29 is 9.59 Å². The monoisotopic (exact) mass is 303 g/mol. The third kappa shape index (κ3) is 4.56. The first-order valence-corrected chi connectivity index (χ1v) is 8.05. The van der Waals surface area contributed by atoms with Crippen LogP contribution in [0.15, 0.2) is 30.3 Å². The van der Waals surface area contributed by atoms with E-state index in [0.29, 0.717) is 25.1 Å². The third-order valence-corrected chi connectivity index (χ3v) is 3.87. The predicted molar refractivity (Wildman–Crippen MR) is 86.7 cm³/mol. The van der Waals surface area contributed by atoms with E-state index in [1.807, 2.05) is 42.2 Å². The number of piperazine rings is 1. The molecular weight excluding hydrogens is 278 g/mol. The number of hydrogen-bond acceptors (Lipinski definition) is 3. The Kier molecular flexibility index (Phi) is 6.40.